The maximum atomic E-state index is 10.8. The number of rotatable bonds is 1. The molecule has 1 heterocycles. The number of hydrogen-bond donors (Lipinski definition) is 0. The topological polar surface area (TPSA) is 39.2 Å². The molecule has 3 rings (SSSR count). The molecule has 0 aliphatic rings. The average Bonchev–Trinajstić information content (AvgIpc) is 2.36. The molecule has 0 radical (unpaired) electrons. The summed E-state index contributed by atoms with van der Waals surface area (Å²) in [4.78, 5) is 15.4. The molecule has 0 aliphatic heterocycles. The van der Waals surface area contributed by atoms with E-state index in [1.54, 1.807) is 12.1 Å². The van der Waals surface area contributed by atoms with Crippen molar-refractivity contribution in [1.29, 1.82) is 0 Å². The fraction of sp³-hybridized carbons (Fsp3) is 0. The van der Waals surface area contributed by atoms with Gasteiger partial charge in [0.25, 0.3) is 0 Å². The molecule has 4 heteroatoms. The number of fused-ring (bicyclic) bond motifs is 2. The zero-order valence-electron chi connectivity index (χ0n) is 9.26. The Bertz CT molecular complexity index is 755. The summed E-state index contributed by atoms with van der Waals surface area (Å²) < 4.78 is 4.96. The quantitative estimate of drug-likeness (QED) is 0.486. The third-order valence-corrected chi connectivity index (χ3v) is 2.79. The third-order valence-electron chi connectivity index (χ3n) is 2.71. The van der Waals surface area contributed by atoms with Crippen LogP contribution in [0.15, 0.2) is 48.5 Å². The van der Waals surface area contributed by atoms with Gasteiger partial charge in [-0.05, 0) is 24.3 Å². The Balaban J connectivity index is 2.32. The molecular formula is C14H8ClNO2. The number of halogens is 1. The van der Waals surface area contributed by atoms with Crippen molar-refractivity contribution >= 4 is 38.8 Å². The molecule has 2 aromatic carbocycles. The molecule has 0 N–H and O–H groups in total. The first kappa shape index (κ1) is 11.0. The number of benzene rings is 2. The van der Waals surface area contributed by atoms with Crippen LogP contribution in [-0.4, -0.2) is 10.4 Å². The molecule has 1 aromatic heterocycles. The van der Waals surface area contributed by atoms with Gasteiger partial charge in [-0.25, -0.2) is 9.78 Å². The van der Waals surface area contributed by atoms with E-state index in [0.717, 1.165) is 21.8 Å². The molecule has 88 valence electrons. The maximum absolute atomic E-state index is 10.8. The first-order chi connectivity index (χ1) is 8.74. The predicted molar refractivity (Wildman–Crippen MR) is 71.1 cm³/mol. The van der Waals surface area contributed by atoms with Crippen LogP contribution >= 0.6 is 11.6 Å². The molecule has 0 saturated heterocycles. The molecule has 0 fully saturated rings. The van der Waals surface area contributed by atoms with Crippen molar-refractivity contribution in [3.05, 3.63) is 48.5 Å². The van der Waals surface area contributed by atoms with E-state index in [2.05, 4.69) is 4.98 Å². The minimum absolute atomic E-state index is 0.422. The second-order valence-electron chi connectivity index (χ2n) is 3.84. The monoisotopic (exact) mass is 257 g/mol. The van der Waals surface area contributed by atoms with Gasteiger partial charge < -0.3 is 4.74 Å². The zero-order chi connectivity index (χ0) is 12.5. The fourth-order valence-corrected chi connectivity index (χ4v) is 2.03. The van der Waals surface area contributed by atoms with E-state index < -0.39 is 5.43 Å². The van der Waals surface area contributed by atoms with Gasteiger partial charge >= 0.3 is 5.43 Å². The van der Waals surface area contributed by atoms with Gasteiger partial charge in [0.2, 0.25) is 0 Å². The van der Waals surface area contributed by atoms with E-state index in [1.807, 2.05) is 36.4 Å². The number of ether oxygens (including phenoxy) is 1. The van der Waals surface area contributed by atoms with Gasteiger partial charge in [-0.3, -0.25) is 0 Å². The molecule has 3 nitrogen and oxygen atoms in total. The molecule has 3 aromatic rings. The Hall–Kier alpha value is -2.13. The van der Waals surface area contributed by atoms with Crippen molar-refractivity contribution in [2.45, 2.75) is 0 Å². The Morgan fingerprint density at radius 1 is 1.06 bits per heavy atom. The van der Waals surface area contributed by atoms with E-state index in [1.165, 1.54) is 0 Å². The lowest BCUT2D eigenvalue weighted by atomic mass is 10.1. The summed E-state index contributed by atoms with van der Waals surface area (Å²) in [5.74, 6) is 0.422. The molecule has 0 unspecified atom stereocenters. The number of pyridine rings is 1. The van der Waals surface area contributed by atoms with E-state index in [-0.39, 0.29) is 0 Å². The fourth-order valence-electron chi connectivity index (χ4n) is 1.95. The maximum Gasteiger partial charge on any atom is 0.409 e. The number of carbonyl (C=O) groups is 1. The van der Waals surface area contributed by atoms with Crippen LogP contribution in [0.1, 0.15) is 0 Å². The lowest BCUT2D eigenvalue weighted by molar-refractivity contribution is 0.226. The van der Waals surface area contributed by atoms with Crippen LogP contribution in [0.3, 0.4) is 0 Å². The molecule has 0 spiro atoms. The number of aromatic nitrogens is 1. The van der Waals surface area contributed by atoms with Crippen LogP contribution < -0.4 is 4.74 Å². The summed E-state index contributed by atoms with van der Waals surface area (Å²) in [5, 5.41) is 1.76. The summed E-state index contributed by atoms with van der Waals surface area (Å²) in [6.07, 6.45) is 0. The highest BCUT2D eigenvalue weighted by molar-refractivity contribution is 6.61. The summed E-state index contributed by atoms with van der Waals surface area (Å²) in [6, 6.07) is 15.0. The lowest BCUT2D eigenvalue weighted by Crippen LogP contribution is -1.97. The number of nitrogens with zero attached hydrogens (tertiary/aromatic N) is 1. The van der Waals surface area contributed by atoms with Gasteiger partial charge in [0.1, 0.15) is 5.75 Å². The van der Waals surface area contributed by atoms with Crippen molar-refractivity contribution in [3.8, 4) is 5.75 Å². The van der Waals surface area contributed by atoms with Crippen molar-refractivity contribution in [2.75, 3.05) is 0 Å². The largest absolute Gasteiger partial charge is 0.414 e. The number of hydrogen-bond acceptors (Lipinski definition) is 3. The first-order valence-corrected chi connectivity index (χ1v) is 5.78. The van der Waals surface area contributed by atoms with E-state index in [9.17, 15) is 4.79 Å². The highest BCUT2D eigenvalue weighted by Gasteiger charge is 2.07. The second kappa shape index (κ2) is 4.27. The van der Waals surface area contributed by atoms with E-state index in [4.69, 9.17) is 16.3 Å². The summed E-state index contributed by atoms with van der Waals surface area (Å²) in [6.45, 7) is 0. The van der Waals surface area contributed by atoms with Crippen molar-refractivity contribution in [1.82, 2.24) is 4.98 Å². The van der Waals surface area contributed by atoms with Crippen LogP contribution in [0.4, 0.5) is 4.79 Å². The van der Waals surface area contributed by atoms with Gasteiger partial charge in [-0.2, -0.15) is 0 Å². The van der Waals surface area contributed by atoms with Gasteiger partial charge in [0, 0.05) is 22.4 Å². The Kier molecular flexibility index (Phi) is 2.61. The highest BCUT2D eigenvalue weighted by Crippen LogP contribution is 2.28. The van der Waals surface area contributed by atoms with E-state index >= 15 is 0 Å². The van der Waals surface area contributed by atoms with Gasteiger partial charge in [0.15, 0.2) is 0 Å². The highest BCUT2D eigenvalue weighted by atomic mass is 35.5. The Labute approximate surface area is 108 Å². The standard InChI is InChI=1S/C14H8ClNO2/c15-14(17)18-13-7-3-6-12-10(13)8-9-4-1-2-5-11(9)16-12/h1-8H. The summed E-state index contributed by atoms with van der Waals surface area (Å²) in [5.41, 5.74) is 0.819. The van der Waals surface area contributed by atoms with Crippen LogP contribution in [0.2, 0.25) is 0 Å². The van der Waals surface area contributed by atoms with Crippen LogP contribution in [0.25, 0.3) is 21.8 Å². The van der Waals surface area contributed by atoms with Crippen LogP contribution in [-0.2, 0) is 0 Å². The van der Waals surface area contributed by atoms with Gasteiger partial charge in [0.05, 0.1) is 11.0 Å². The minimum atomic E-state index is -0.851. The van der Waals surface area contributed by atoms with E-state index in [0.29, 0.717) is 5.75 Å². The molecule has 0 bridgehead atoms. The molecular weight excluding hydrogens is 250 g/mol. The Morgan fingerprint density at radius 2 is 1.83 bits per heavy atom. The number of carbonyl (C=O) groups excluding carboxylic acids is 1. The predicted octanol–water partition coefficient (Wildman–Crippen LogP) is 4.13. The molecule has 0 atom stereocenters. The minimum Gasteiger partial charge on any atom is -0.414 e. The average molecular weight is 258 g/mol. The lowest BCUT2D eigenvalue weighted by Gasteiger charge is -2.06. The van der Waals surface area contributed by atoms with Crippen molar-refractivity contribution in [2.24, 2.45) is 0 Å². The zero-order valence-corrected chi connectivity index (χ0v) is 10.0. The third kappa shape index (κ3) is 1.89. The Morgan fingerprint density at radius 3 is 2.67 bits per heavy atom. The van der Waals surface area contributed by atoms with Gasteiger partial charge in [-0.15, -0.1) is 0 Å². The molecule has 0 aliphatic carbocycles. The smallest absolute Gasteiger partial charge is 0.409 e. The molecule has 18 heavy (non-hydrogen) atoms. The SMILES string of the molecule is O=C(Cl)Oc1cccc2nc3ccccc3cc12. The first-order valence-electron chi connectivity index (χ1n) is 5.40. The summed E-state index contributed by atoms with van der Waals surface area (Å²) >= 11 is 5.25. The van der Waals surface area contributed by atoms with Gasteiger partial charge in [-0.1, -0.05) is 24.3 Å². The second-order valence-corrected chi connectivity index (χ2v) is 4.15. The van der Waals surface area contributed by atoms with Crippen LogP contribution in [0.5, 0.6) is 5.75 Å². The van der Waals surface area contributed by atoms with Crippen molar-refractivity contribution < 1.29 is 9.53 Å². The number of para-hydroxylation sites is 1. The molecule has 0 amide bonds. The van der Waals surface area contributed by atoms with Crippen molar-refractivity contribution in [3.63, 3.8) is 0 Å². The summed E-state index contributed by atoms with van der Waals surface area (Å²) in [7, 11) is 0. The molecule has 0 saturated carbocycles. The van der Waals surface area contributed by atoms with Crippen LogP contribution in [0, 0.1) is 0 Å². The normalized spacial score (nSPS) is 10.7.